The van der Waals surface area contributed by atoms with Gasteiger partial charge in [-0.3, -0.25) is 14.5 Å². The molecule has 1 aliphatic heterocycles. The molecule has 1 rings (SSSR count). The number of aliphatic hydroxyl groups is 1. The first-order valence-electron chi connectivity index (χ1n) is 5.24. The fraction of sp³-hybridized carbons (Fsp3) is 0.545. The molecule has 1 amide bonds. The quantitative estimate of drug-likeness (QED) is 0.552. The van der Waals surface area contributed by atoms with Gasteiger partial charge in [-0.1, -0.05) is 0 Å². The van der Waals surface area contributed by atoms with Crippen molar-refractivity contribution < 1.29 is 29.0 Å². The van der Waals surface area contributed by atoms with Crippen molar-refractivity contribution in [1.82, 2.24) is 4.90 Å². The summed E-state index contributed by atoms with van der Waals surface area (Å²) in [6, 6.07) is -1.34. The molecule has 7 heteroatoms. The van der Waals surface area contributed by atoms with Gasteiger partial charge in [0.2, 0.25) is 0 Å². The number of hydrogen-bond acceptors (Lipinski definition) is 6. The number of ketones is 1. The summed E-state index contributed by atoms with van der Waals surface area (Å²) in [6.45, 7) is 2.66. The molecule has 0 radical (unpaired) electrons. The van der Waals surface area contributed by atoms with Crippen molar-refractivity contribution in [2.45, 2.75) is 26.1 Å². The molecule has 0 fully saturated rings. The summed E-state index contributed by atoms with van der Waals surface area (Å²) in [6.07, 6.45) is -0.777. The van der Waals surface area contributed by atoms with Gasteiger partial charge in [-0.05, 0) is 13.8 Å². The van der Waals surface area contributed by atoms with Crippen LogP contribution in [0.15, 0.2) is 11.3 Å². The highest BCUT2D eigenvalue weighted by Crippen LogP contribution is 2.28. The highest BCUT2D eigenvalue weighted by atomic mass is 16.5. The summed E-state index contributed by atoms with van der Waals surface area (Å²) in [5.74, 6) is -2.79. The first-order valence-corrected chi connectivity index (χ1v) is 5.24. The average molecular weight is 257 g/mol. The van der Waals surface area contributed by atoms with Crippen molar-refractivity contribution in [1.29, 1.82) is 0 Å². The van der Waals surface area contributed by atoms with Crippen LogP contribution in [0.25, 0.3) is 0 Å². The van der Waals surface area contributed by atoms with Crippen molar-refractivity contribution in [3.8, 4) is 0 Å². The van der Waals surface area contributed by atoms with Crippen LogP contribution in [-0.4, -0.2) is 54.2 Å². The number of aliphatic hydroxyl groups excluding tert-OH is 1. The van der Waals surface area contributed by atoms with E-state index in [9.17, 15) is 19.5 Å². The molecule has 0 bridgehead atoms. The maximum absolute atomic E-state index is 12.0. The molecular formula is C11H15NO6. The number of amides is 1. The van der Waals surface area contributed by atoms with Crippen molar-refractivity contribution in [3.63, 3.8) is 0 Å². The van der Waals surface area contributed by atoms with E-state index < -0.39 is 41.3 Å². The molecule has 0 aromatic rings. The predicted octanol–water partition coefficient (Wildman–Crippen LogP) is -0.236. The normalized spacial score (nSPS) is 21.2. The summed E-state index contributed by atoms with van der Waals surface area (Å²) in [7, 11) is 2.47. The van der Waals surface area contributed by atoms with Crippen molar-refractivity contribution in [3.05, 3.63) is 11.3 Å². The molecule has 0 saturated heterocycles. The van der Waals surface area contributed by atoms with Crippen LogP contribution in [0.5, 0.6) is 0 Å². The highest BCUT2D eigenvalue weighted by Gasteiger charge is 2.48. The van der Waals surface area contributed by atoms with E-state index in [1.807, 2.05) is 0 Å². The van der Waals surface area contributed by atoms with Gasteiger partial charge in [-0.15, -0.1) is 0 Å². The molecule has 0 saturated carbocycles. The topological polar surface area (TPSA) is 93.1 Å². The molecule has 0 aliphatic carbocycles. The van der Waals surface area contributed by atoms with Crippen molar-refractivity contribution in [2.75, 3.05) is 14.2 Å². The number of hydrogen-bond donors (Lipinski definition) is 1. The van der Waals surface area contributed by atoms with E-state index in [1.165, 1.54) is 14.0 Å². The van der Waals surface area contributed by atoms with Crippen LogP contribution in [0.4, 0.5) is 0 Å². The molecule has 100 valence electrons. The Labute approximate surface area is 104 Å². The zero-order valence-electron chi connectivity index (χ0n) is 10.6. The number of carbonyl (C=O) groups excluding carboxylic acids is 3. The number of esters is 1. The number of methoxy groups -OCH3 is 2. The van der Waals surface area contributed by atoms with Crippen molar-refractivity contribution in [2.24, 2.45) is 0 Å². The second kappa shape index (κ2) is 5.18. The van der Waals surface area contributed by atoms with Crippen LogP contribution in [0.1, 0.15) is 13.8 Å². The van der Waals surface area contributed by atoms with Gasteiger partial charge in [0.25, 0.3) is 5.91 Å². The maximum Gasteiger partial charge on any atom is 0.336 e. The van der Waals surface area contributed by atoms with Gasteiger partial charge in [0, 0.05) is 7.11 Å². The third-order valence-corrected chi connectivity index (χ3v) is 2.75. The number of Topliss-reactive ketones (excluding diaryl/α,β-unsaturated/α-hetero) is 1. The summed E-state index contributed by atoms with van der Waals surface area (Å²) in [5.41, 5.74) is -0.408. The smallest absolute Gasteiger partial charge is 0.336 e. The Bertz CT molecular complexity index is 427. The lowest BCUT2D eigenvalue weighted by molar-refractivity contribution is -0.157. The monoisotopic (exact) mass is 257 g/mol. The highest BCUT2D eigenvalue weighted by molar-refractivity contribution is 6.22. The Hall–Kier alpha value is -1.89. The summed E-state index contributed by atoms with van der Waals surface area (Å²) in [4.78, 5) is 35.9. The second-order valence-electron chi connectivity index (χ2n) is 3.79. The summed E-state index contributed by atoms with van der Waals surface area (Å²) < 4.78 is 9.47. The SMILES string of the molecule is COC(=O)C1C(O)=C(C(C)=O)C(=O)N1C(C)OC. The lowest BCUT2D eigenvalue weighted by Gasteiger charge is -2.28. The molecule has 0 spiro atoms. The van der Waals surface area contributed by atoms with Gasteiger partial charge in [0.15, 0.2) is 11.8 Å². The van der Waals surface area contributed by atoms with E-state index in [0.29, 0.717) is 0 Å². The molecule has 0 aromatic carbocycles. The van der Waals surface area contributed by atoms with E-state index in [1.54, 1.807) is 0 Å². The molecule has 1 aliphatic rings. The Morgan fingerprint density at radius 2 is 1.94 bits per heavy atom. The molecule has 1 N–H and O–H groups in total. The van der Waals surface area contributed by atoms with E-state index in [2.05, 4.69) is 4.74 Å². The maximum atomic E-state index is 12.0. The van der Waals surface area contributed by atoms with Crippen LogP contribution in [0.3, 0.4) is 0 Å². The van der Waals surface area contributed by atoms with E-state index in [-0.39, 0.29) is 0 Å². The van der Waals surface area contributed by atoms with Gasteiger partial charge in [-0.25, -0.2) is 4.79 Å². The van der Waals surface area contributed by atoms with Gasteiger partial charge in [-0.2, -0.15) is 0 Å². The predicted molar refractivity (Wildman–Crippen MR) is 59.5 cm³/mol. The van der Waals surface area contributed by atoms with Crippen LogP contribution in [0.2, 0.25) is 0 Å². The molecule has 2 unspecified atom stereocenters. The number of ether oxygens (including phenoxy) is 2. The van der Waals surface area contributed by atoms with Crippen LogP contribution in [-0.2, 0) is 23.9 Å². The first kappa shape index (κ1) is 14.2. The van der Waals surface area contributed by atoms with E-state index in [0.717, 1.165) is 18.9 Å². The van der Waals surface area contributed by atoms with Crippen molar-refractivity contribution >= 4 is 17.7 Å². The zero-order valence-corrected chi connectivity index (χ0v) is 10.6. The fourth-order valence-electron chi connectivity index (χ4n) is 1.78. The Balaban J connectivity index is 3.27. The molecule has 2 atom stereocenters. The fourth-order valence-corrected chi connectivity index (χ4v) is 1.78. The third kappa shape index (κ3) is 2.08. The summed E-state index contributed by atoms with van der Waals surface area (Å²) >= 11 is 0. The van der Waals surface area contributed by atoms with Crippen LogP contribution < -0.4 is 0 Å². The van der Waals surface area contributed by atoms with E-state index >= 15 is 0 Å². The molecule has 7 nitrogen and oxygen atoms in total. The minimum absolute atomic E-state index is 0.408. The number of rotatable bonds is 4. The van der Waals surface area contributed by atoms with Crippen LogP contribution >= 0.6 is 0 Å². The van der Waals surface area contributed by atoms with Crippen LogP contribution in [0, 0.1) is 0 Å². The average Bonchev–Trinajstić information content (AvgIpc) is 2.58. The molecule has 0 aromatic heterocycles. The molecule has 18 heavy (non-hydrogen) atoms. The third-order valence-electron chi connectivity index (χ3n) is 2.75. The van der Waals surface area contributed by atoms with E-state index in [4.69, 9.17) is 4.74 Å². The lowest BCUT2D eigenvalue weighted by atomic mass is 10.1. The Morgan fingerprint density at radius 1 is 1.39 bits per heavy atom. The van der Waals surface area contributed by atoms with Gasteiger partial charge < -0.3 is 14.6 Å². The second-order valence-corrected chi connectivity index (χ2v) is 3.79. The number of nitrogens with zero attached hydrogens (tertiary/aromatic N) is 1. The minimum Gasteiger partial charge on any atom is -0.508 e. The largest absolute Gasteiger partial charge is 0.508 e. The molecule has 1 heterocycles. The summed E-state index contributed by atoms with van der Waals surface area (Å²) in [5, 5.41) is 9.85. The standard InChI is InChI=1S/C11H15NO6/c1-5(13)7-9(14)8(11(16)18-4)12(10(7)15)6(2)17-3/h6,8,14H,1-4H3. The first-order chi connectivity index (χ1) is 8.36. The number of carbonyl (C=O) groups is 3. The van der Waals surface area contributed by atoms with Gasteiger partial charge in [0.1, 0.15) is 17.6 Å². The van der Waals surface area contributed by atoms with Gasteiger partial charge >= 0.3 is 5.97 Å². The Morgan fingerprint density at radius 3 is 2.33 bits per heavy atom. The lowest BCUT2D eigenvalue weighted by Crippen LogP contribution is -2.47. The zero-order chi connectivity index (χ0) is 14.0. The minimum atomic E-state index is -1.34. The molecular weight excluding hydrogens is 242 g/mol. The Kier molecular flexibility index (Phi) is 4.07. The van der Waals surface area contributed by atoms with Gasteiger partial charge in [0.05, 0.1) is 7.11 Å².